The molecule has 0 radical (unpaired) electrons. The summed E-state index contributed by atoms with van der Waals surface area (Å²) in [6.07, 6.45) is -3.85. The van der Waals surface area contributed by atoms with Crippen LogP contribution in [0.2, 0.25) is 0 Å². The van der Waals surface area contributed by atoms with E-state index in [1.165, 1.54) is 17.7 Å². The monoisotopic (exact) mass is 447 g/mol. The molecule has 1 aliphatic heterocycles. The number of benzene rings is 2. The Hall–Kier alpha value is -3.03. The molecule has 1 saturated heterocycles. The molecule has 1 aliphatic rings. The molecule has 8 heteroatoms. The van der Waals surface area contributed by atoms with Crippen LogP contribution < -0.4 is 5.32 Å². The van der Waals surface area contributed by atoms with Gasteiger partial charge in [0.2, 0.25) is 0 Å². The predicted molar refractivity (Wildman–Crippen MR) is 118 cm³/mol. The average Bonchev–Trinajstić information content (AvgIpc) is 2.99. The second-order valence-corrected chi connectivity index (χ2v) is 8.97. The van der Waals surface area contributed by atoms with Crippen LogP contribution in [0.5, 0.6) is 0 Å². The van der Waals surface area contributed by atoms with Gasteiger partial charge in [-0.25, -0.2) is 4.79 Å². The van der Waals surface area contributed by atoms with E-state index in [4.69, 9.17) is 0 Å². The van der Waals surface area contributed by atoms with Gasteiger partial charge in [-0.15, -0.1) is 0 Å². The fourth-order valence-corrected chi connectivity index (χ4v) is 3.56. The second kappa shape index (κ2) is 9.22. The lowest BCUT2D eigenvalue weighted by molar-refractivity contribution is -0.137. The first kappa shape index (κ1) is 23.6. The molecule has 3 rings (SSSR count). The highest BCUT2D eigenvalue weighted by Gasteiger charge is 2.30. The number of rotatable bonds is 2. The number of hydrogen-bond donors (Lipinski definition) is 1. The van der Waals surface area contributed by atoms with Crippen LogP contribution in [-0.2, 0) is 11.6 Å². The molecule has 5 nitrogen and oxygen atoms in total. The standard InChI is InChI=1S/C24H28F3N3O2/c1-23(2,3)18-9-11-20(12-10-18)28-22(32)30-14-4-13-29(15-16-30)21(31)17-5-7-19(8-6-17)24(25,26)27/h5-12H,4,13-16H2,1-3H3,(H,28,32). The first-order valence-corrected chi connectivity index (χ1v) is 10.6. The minimum Gasteiger partial charge on any atom is -0.337 e. The molecule has 0 spiro atoms. The van der Waals surface area contributed by atoms with Crippen LogP contribution >= 0.6 is 0 Å². The highest BCUT2D eigenvalue weighted by molar-refractivity contribution is 5.94. The smallest absolute Gasteiger partial charge is 0.337 e. The third kappa shape index (κ3) is 5.81. The van der Waals surface area contributed by atoms with Crippen LogP contribution in [-0.4, -0.2) is 47.9 Å². The number of alkyl halides is 3. The van der Waals surface area contributed by atoms with Crippen LogP contribution in [0.1, 0.15) is 48.7 Å². The quantitative estimate of drug-likeness (QED) is 0.672. The molecular weight excluding hydrogens is 419 g/mol. The second-order valence-electron chi connectivity index (χ2n) is 8.97. The van der Waals surface area contributed by atoms with Gasteiger partial charge in [0.1, 0.15) is 0 Å². The Kier molecular flexibility index (Phi) is 6.81. The molecule has 1 fully saturated rings. The Morgan fingerprint density at radius 1 is 0.781 bits per heavy atom. The van der Waals surface area contributed by atoms with Gasteiger partial charge in [-0.2, -0.15) is 13.2 Å². The first-order chi connectivity index (χ1) is 14.9. The van der Waals surface area contributed by atoms with Crippen LogP contribution in [0, 0.1) is 0 Å². The fraction of sp³-hybridized carbons (Fsp3) is 0.417. The van der Waals surface area contributed by atoms with Gasteiger partial charge in [0, 0.05) is 37.4 Å². The third-order valence-electron chi connectivity index (χ3n) is 5.53. The van der Waals surface area contributed by atoms with Crippen molar-refractivity contribution in [3.05, 3.63) is 65.2 Å². The van der Waals surface area contributed by atoms with Crippen molar-refractivity contribution in [3.8, 4) is 0 Å². The van der Waals surface area contributed by atoms with E-state index < -0.39 is 11.7 Å². The number of anilines is 1. The van der Waals surface area contributed by atoms with E-state index in [0.29, 0.717) is 38.3 Å². The summed E-state index contributed by atoms with van der Waals surface area (Å²) in [5.74, 6) is -0.334. The van der Waals surface area contributed by atoms with Gasteiger partial charge in [-0.1, -0.05) is 32.9 Å². The summed E-state index contributed by atoms with van der Waals surface area (Å²) in [5, 5.41) is 2.89. The number of urea groups is 1. The van der Waals surface area contributed by atoms with Crippen LogP contribution in [0.3, 0.4) is 0 Å². The predicted octanol–water partition coefficient (Wildman–Crippen LogP) is 5.38. The molecular formula is C24H28F3N3O2. The summed E-state index contributed by atoms with van der Waals surface area (Å²) in [6.45, 7) is 7.95. The summed E-state index contributed by atoms with van der Waals surface area (Å²) in [5.41, 5.74) is 1.31. The molecule has 2 aromatic rings. The van der Waals surface area contributed by atoms with Gasteiger partial charge in [-0.3, -0.25) is 4.79 Å². The van der Waals surface area contributed by atoms with Crippen LogP contribution in [0.4, 0.5) is 23.7 Å². The molecule has 1 N–H and O–H groups in total. The Labute approximate surface area is 186 Å². The van der Waals surface area contributed by atoms with Crippen molar-refractivity contribution >= 4 is 17.6 Å². The maximum atomic E-state index is 12.7. The van der Waals surface area contributed by atoms with Crippen molar-refractivity contribution in [1.82, 2.24) is 9.80 Å². The van der Waals surface area contributed by atoms with Crippen molar-refractivity contribution in [3.63, 3.8) is 0 Å². The maximum Gasteiger partial charge on any atom is 0.416 e. The number of carbonyl (C=O) groups is 2. The highest BCUT2D eigenvalue weighted by atomic mass is 19.4. The normalized spacial score (nSPS) is 15.3. The van der Waals surface area contributed by atoms with Crippen molar-refractivity contribution in [2.75, 3.05) is 31.5 Å². The molecule has 3 amide bonds. The molecule has 0 unspecified atom stereocenters. The van der Waals surface area contributed by atoms with E-state index in [1.807, 2.05) is 24.3 Å². The van der Waals surface area contributed by atoms with E-state index in [-0.39, 0.29) is 22.9 Å². The van der Waals surface area contributed by atoms with E-state index >= 15 is 0 Å². The largest absolute Gasteiger partial charge is 0.416 e. The Bertz CT molecular complexity index is 948. The topological polar surface area (TPSA) is 52.7 Å². The van der Waals surface area contributed by atoms with E-state index in [1.54, 1.807) is 9.80 Å². The van der Waals surface area contributed by atoms with Gasteiger partial charge in [0.05, 0.1) is 5.56 Å². The molecule has 0 aromatic heterocycles. The molecule has 2 aromatic carbocycles. The Morgan fingerprint density at radius 3 is 1.88 bits per heavy atom. The molecule has 32 heavy (non-hydrogen) atoms. The lowest BCUT2D eigenvalue weighted by atomic mass is 9.87. The summed E-state index contributed by atoms with van der Waals surface area (Å²) in [6, 6.07) is 11.7. The average molecular weight is 448 g/mol. The number of carbonyl (C=O) groups excluding carboxylic acids is 2. The Balaban J connectivity index is 1.58. The number of nitrogens with zero attached hydrogens (tertiary/aromatic N) is 2. The first-order valence-electron chi connectivity index (χ1n) is 10.6. The number of hydrogen-bond acceptors (Lipinski definition) is 2. The maximum absolute atomic E-state index is 12.7. The molecule has 0 bridgehead atoms. The lowest BCUT2D eigenvalue weighted by Crippen LogP contribution is -2.39. The molecule has 1 heterocycles. The van der Waals surface area contributed by atoms with E-state index in [9.17, 15) is 22.8 Å². The number of amides is 3. The van der Waals surface area contributed by atoms with Crippen molar-refractivity contribution in [1.29, 1.82) is 0 Å². The van der Waals surface area contributed by atoms with Crippen LogP contribution in [0.15, 0.2) is 48.5 Å². The van der Waals surface area contributed by atoms with Gasteiger partial charge >= 0.3 is 12.2 Å². The van der Waals surface area contributed by atoms with Crippen molar-refractivity contribution in [2.24, 2.45) is 0 Å². The summed E-state index contributed by atoms with van der Waals surface area (Å²) in [4.78, 5) is 28.6. The van der Waals surface area contributed by atoms with Crippen molar-refractivity contribution < 1.29 is 22.8 Å². The SMILES string of the molecule is CC(C)(C)c1ccc(NC(=O)N2CCCN(C(=O)c3ccc(C(F)(F)F)cc3)CC2)cc1. The lowest BCUT2D eigenvalue weighted by Gasteiger charge is -2.23. The summed E-state index contributed by atoms with van der Waals surface area (Å²) < 4.78 is 38.2. The van der Waals surface area contributed by atoms with Gasteiger partial charge < -0.3 is 15.1 Å². The fourth-order valence-electron chi connectivity index (χ4n) is 3.56. The highest BCUT2D eigenvalue weighted by Crippen LogP contribution is 2.29. The van der Waals surface area contributed by atoms with Crippen molar-refractivity contribution in [2.45, 2.75) is 38.8 Å². The number of nitrogens with one attached hydrogen (secondary N) is 1. The zero-order chi connectivity index (χ0) is 23.5. The Morgan fingerprint density at radius 2 is 1.31 bits per heavy atom. The third-order valence-corrected chi connectivity index (χ3v) is 5.53. The van der Waals surface area contributed by atoms with Gasteiger partial charge in [-0.05, 0) is 53.8 Å². The molecule has 0 saturated carbocycles. The number of halogens is 3. The summed E-state index contributed by atoms with van der Waals surface area (Å²) >= 11 is 0. The molecule has 0 aliphatic carbocycles. The van der Waals surface area contributed by atoms with E-state index in [2.05, 4.69) is 26.1 Å². The zero-order valence-electron chi connectivity index (χ0n) is 18.5. The summed E-state index contributed by atoms with van der Waals surface area (Å²) in [7, 11) is 0. The van der Waals surface area contributed by atoms with Crippen LogP contribution in [0.25, 0.3) is 0 Å². The molecule has 172 valence electrons. The minimum atomic E-state index is -4.44. The van der Waals surface area contributed by atoms with E-state index in [0.717, 1.165) is 12.1 Å². The molecule has 0 atom stereocenters. The minimum absolute atomic E-state index is 0.0242. The van der Waals surface area contributed by atoms with Gasteiger partial charge in [0.15, 0.2) is 0 Å². The zero-order valence-corrected chi connectivity index (χ0v) is 18.5. The van der Waals surface area contributed by atoms with Gasteiger partial charge in [0.25, 0.3) is 5.91 Å².